The van der Waals surface area contributed by atoms with Crippen molar-refractivity contribution in [1.82, 2.24) is 10.6 Å². The molecule has 0 bridgehead atoms. The third-order valence-corrected chi connectivity index (χ3v) is 3.22. The molecule has 0 saturated carbocycles. The first kappa shape index (κ1) is 15.9. The molecule has 0 aliphatic carbocycles. The van der Waals surface area contributed by atoms with Crippen LogP contribution in [-0.4, -0.2) is 35.1 Å². The van der Waals surface area contributed by atoms with Gasteiger partial charge < -0.3 is 10.4 Å². The van der Waals surface area contributed by atoms with E-state index in [0.717, 1.165) is 6.42 Å². The molecule has 0 aromatic heterocycles. The van der Waals surface area contributed by atoms with Gasteiger partial charge in [-0.1, -0.05) is 20.8 Å². The lowest BCUT2D eigenvalue weighted by Gasteiger charge is -2.28. The van der Waals surface area contributed by atoms with Crippen molar-refractivity contribution in [3.05, 3.63) is 0 Å². The monoisotopic (exact) mass is 244 g/mol. The second kappa shape index (κ2) is 7.27. The molecule has 5 heteroatoms. The van der Waals surface area contributed by atoms with Crippen molar-refractivity contribution >= 4 is 11.9 Å². The standard InChI is InChI=1S/C12H24N2O3/c1-5-9(4)14-10(15)8-13-12(6-2,7-3)11(16)17/h9,13H,5-8H2,1-4H3,(H,14,15)(H,16,17). The Morgan fingerprint density at radius 1 is 1.24 bits per heavy atom. The van der Waals surface area contributed by atoms with E-state index in [1.54, 1.807) is 13.8 Å². The second-order valence-electron chi connectivity index (χ2n) is 4.32. The molecule has 0 heterocycles. The smallest absolute Gasteiger partial charge is 0.323 e. The first-order valence-corrected chi connectivity index (χ1v) is 6.19. The average Bonchev–Trinajstić information content (AvgIpc) is 2.30. The summed E-state index contributed by atoms with van der Waals surface area (Å²) in [6.07, 6.45) is 1.77. The van der Waals surface area contributed by atoms with E-state index >= 15 is 0 Å². The molecule has 0 aliphatic rings. The summed E-state index contributed by atoms with van der Waals surface area (Å²) in [5.74, 6) is -1.06. The van der Waals surface area contributed by atoms with Crippen molar-refractivity contribution < 1.29 is 14.7 Å². The summed E-state index contributed by atoms with van der Waals surface area (Å²) >= 11 is 0. The van der Waals surface area contributed by atoms with Crippen molar-refractivity contribution in [1.29, 1.82) is 0 Å². The summed E-state index contributed by atoms with van der Waals surface area (Å²) in [7, 11) is 0. The molecular weight excluding hydrogens is 220 g/mol. The van der Waals surface area contributed by atoms with E-state index in [4.69, 9.17) is 0 Å². The highest BCUT2D eigenvalue weighted by Gasteiger charge is 2.34. The summed E-state index contributed by atoms with van der Waals surface area (Å²) in [5.41, 5.74) is -0.993. The van der Waals surface area contributed by atoms with Crippen LogP contribution in [0.4, 0.5) is 0 Å². The van der Waals surface area contributed by atoms with Gasteiger partial charge in [-0.25, -0.2) is 0 Å². The molecule has 0 spiro atoms. The number of carbonyl (C=O) groups excluding carboxylic acids is 1. The molecule has 100 valence electrons. The van der Waals surface area contributed by atoms with Gasteiger partial charge in [0, 0.05) is 6.04 Å². The zero-order chi connectivity index (χ0) is 13.5. The quantitative estimate of drug-likeness (QED) is 0.598. The Hall–Kier alpha value is -1.10. The second-order valence-corrected chi connectivity index (χ2v) is 4.32. The van der Waals surface area contributed by atoms with Gasteiger partial charge in [0.25, 0.3) is 0 Å². The lowest BCUT2D eigenvalue weighted by atomic mass is 9.93. The lowest BCUT2D eigenvalue weighted by Crippen LogP contribution is -2.54. The van der Waals surface area contributed by atoms with E-state index in [1.807, 2.05) is 13.8 Å². The predicted octanol–water partition coefficient (Wildman–Crippen LogP) is 1.13. The van der Waals surface area contributed by atoms with Crippen molar-refractivity contribution in [2.24, 2.45) is 0 Å². The summed E-state index contributed by atoms with van der Waals surface area (Å²) in [5, 5.41) is 14.8. The Bertz CT molecular complexity index is 262. The maximum absolute atomic E-state index is 11.5. The SMILES string of the molecule is CCC(C)NC(=O)CNC(CC)(CC)C(=O)O. The Morgan fingerprint density at radius 3 is 2.12 bits per heavy atom. The van der Waals surface area contributed by atoms with Crippen LogP contribution in [0.5, 0.6) is 0 Å². The molecule has 0 aromatic carbocycles. The molecule has 1 unspecified atom stereocenters. The van der Waals surface area contributed by atoms with Gasteiger partial charge in [-0.15, -0.1) is 0 Å². The van der Waals surface area contributed by atoms with Gasteiger partial charge >= 0.3 is 5.97 Å². The molecule has 5 nitrogen and oxygen atoms in total. The number of rotatable bonds is 8. The zero-order valence-corrected chi connectivity index (χ0v) is 11.2. The van der Waals surface area contributed by atoms with Crippen LogP contribution in [0.25, 0.3) is 0 Å². The first-order chi connectivity index (χ1) is 7.91. The Kier molecular flexibility index (Phi) is 6.80. The van der Waals surface area contributed by atoms with Gasteiger partial charge in [0.1, 0.15) is 5.54 Å². The largest absolute Gasteiger partial charge is 0.480 e. The minimum Gasteiger partial charge on any atom is -0.480 e. The number of carbonyl (C=O) groups is 2. The van der Waals surface area contributed by atoms with E-state index in [9.17, 15) is 14.7 Å². The third kappa shape index (κ3) is 4.73. The number of hydrogen-bond acceptors (Lipinski definition) is 3. The highest BCUT2D eigenvalue weighted by Crippen LogP contribution is 2.14. The fourth-order valence-electron chi connectivity index (χ4n) is 1.56. The first-order valence-electron chi connectivity index (χ1n) is 6.19. The molecule has 0 aliphatic heterocycles. The van der Waals surface area contributed by atoms with Crippen LogP contribution in [0, 0.1) is 0 Å². The van der Waals surface area contributed by atoms with Crippen molar-refractivity contribution in [2.75, 3.05) is 6.54 Å². The van der Waals surface area contributed by atoms with Crippen LogP contribution in [0.3, 0.4) is 0 Å². The molecule has 0 saturated heterocycles. The normalized spacial score (nSPS) is 13.2. The van der Waals surface area contributed by atoms with Gasteiger partial charge in [-0.3, -0.25) is 14.9 Å². The fourth-order valence-corrected chi connectivity index (χ4v) is 1.56. The molecule has 17 heavy (non-hydrogen) atoms. The van der Waals surface area contributed by atoms with E-state index in [1.165, 1.54) is 0 Å². The molecule has 0 fully saturated rings. The number of hydrogen-bond donors (Lipinski definition) is 3. The van der Waals surface area contributed by atoms with Crippen LogP contribution in [0.15, 0.2) is 0 Å². The molecule has 0 aromatic rings. The van der Waals surface area contributed by atoms with E-state index in [2.05, 4.69) is 10.6 Å². The number of carboxylic acids is 1. The van der Waals surface area contributed by atoms with E-state index in [-0.39, 0.29) is 18.5 Å². The molecule has 0 radical (unpaired) electrons. The van der Waals surface area contributed by atoms with Crippen molar-refractivity contribution in [3.63, 3.8) is 0 Å². The van der Waals surface area contributed by atoms with Crippen LogP contribution < -0.4 is 10.6 Å². The Balaban J connectivity index is 4.32. The van der Waals surface area contributed by atoms with Crippen LogP contribution in [0.1, 0.15) is 47.0 Å². The van der Waals surface area contributed by atoms with Crippen LogP contribution in [-0.2, 0) is 9.59 Å². The number of carboxylic acid groups (broad SMARTS) is 1. The highest BCUT2D eigenvalue weighted by atomic mass is 16.4. The highest BCUT2D eigenvalue weighted by molar-refractivity contribution is 5.82. The van der Waals surface area contributed by atoms with Crippen LogP contribution >= 0.6 is 0 Å². The third-order valence-electron chi connectivity index (χ3n) is 3.22. The Morgan fingerprint density at radius 2 is 1.76 bits per heavy atom. The van der Waals surface area contributed by atoms with Gasteiger partial charge in [0.2, 0.25) is 5.91 Å². The number of nitrogens with one attached hydrogen (secondary N) is 2. The van der Waals surface area contributed by atoms with Crippen LogP contribution in [0.2, 0.25) is 0 Å². The van der Waals surface area contributed by atoms with Crippen molar-refractivity contribution in [2.45, 2.75) is 58.5 Å². The zero-order valence-electron chi connectivity index (χ0n) is 11.2. The topological polar surface area (TPSA) is 78.4 Å². The van der Waals surface area contributed by atoms with E-state index < -0.39 is 11.5 Å². The van der Waals surface area contributed by atoms with Gasteiger partial charge in [-0.2, -0.15) is 0 Å². The molecule has 1 atom stereocenters. The average molecular weight is 244 g/mol. The number of aliphatic carboxylic acids is 1. The summed E-state index contributed by atoms with van der Waals surface area (Å²) in [4.78, 5) is 22.7. The van der Waals surface area contributed by atoms with Gasteiger partial charge in [0.15, 0.2) is 0 Å². The van der Waals surface area contributed by atoms with Gasteiger partial charge in [-0.05, 0) is 26.2 Å². The summed E-state index contributed by atoms with van der Waals surface area (Å²) in [6, 6.07) is 0.117. The summed E-state index contributed by atoms with van der Waals surface area (Å²) < 4.78 is 0. The maximum Gasteiger partial charge on any atom is 0.323 e. The maximum atomic E-state index is 11.5. The fraction of sp³-hybridized carbons (Fsp3) is 0.833. The molecule has 0 rings (SSSR count). The van der Waals surface area contributed by atoms with Gasteiger partial charge in [0.05, 0.1) is 6.54 Å². The summed E-state index contributed by atoms with van der Waals surface area (Å²) in [6.45, 7) is 7.55. The van der Waals surface area contributed by atoms with Crippen molar-refractivity contribution in [3.8, 4) is 0 Å². The molecular formula is C12H24N2O3. The molecule has 3 N–H and O–H groups in total. The minimum absolute atomic E-state index is 0.0400. The predicted molar refractivity (Wildman–Crippen MR) is 66.8 cm³/mol. The molecule has 1 amide bonds. The number of amides is 1. The van der Waals surface area contributed by atoms with E-state index in [0.29, 0.717) is 12.8 Å². The minimum atomic E-state index is -0.993. The lowest BCUT2D eigenvalue weighted by molar-refractivity contribution is -0.145. The Labute approximate surface area is 103 Å².